The molecule has 3 rings (SSSR count). The minimum atomic E-state index is -3.68. The van der Waals surface area contributed by atoms with E-state index in [1.807, 2.05) is 6.92 Å². The first kappa shape index (κ1) is 21.3. The van der Waals surface area contributed by atoms with Crippen LogP contribution in [0, 0.1) is 5.92 Å². The summed E-state index contributed by atoms with van der Waals surface area (Å²) >= 11 is 0. The number of amides is 2. The molecule has 158 valence electrons. The van der Waals surface area contributed by atoms with E-state index in [1.165, 1.54) is 0 Å². The Morgan fingerprint density at radius 3 is 2.50 bits per heavy atom. The number of nitrogens with zero attached hydrogens (tertiary/aromatic N) is 4. The minimum absolute atomic E-state index is 0.00892. The van der Waals surface area contributed by atoms with Gasteiger partial charge in [0.15, 0.2) is 0 Å². The molecule has 0 bridgehead atoms. The predicted molar refractivity (Wildman–Crippen MR) is 107 cm³/mol. The molecule has 8 nitrogen and oxygen atoms in total. The van der Waals surface area contributed by atoms with Crippen LogP contribution in [0.5, 0.6) is 0 Å². The van der Waals surface area contributed by atoms with Crippen molar-refractivity contribution in [1.82, 2.24) is 19.0 Å². The highest BCUT2D eigenvalue weighted by atomic mass is 32.2. The SMILES string of the molecule is CCC[C@H]1C(=O)N(S(C)(=O)=O)C2=CCN(C(=O)CCCN3CCN(C)CC3)[C@@H]21. The van der Waals surface area contributed by atoms with Crippen LogP contribution in [0.4, 0.5) is 0 Å². The van der Waals surface area contributed by atoms with Gasteiger partial charge in [-0.05, 0) is 32.5 Å². The summed E-state index contributed by atoms with van der Waals surface area (Å²) in [6.07, 6.45) is 5.34. The summed E-state index contributed by atoms with van der Waals surface area (Å²) in [4.78, 5) is 32.0. The van der Waals surface area contributed by atoms with Crippen LogP contribution < -0.4 is 0 Å². The van der Waals surface area contributed by atoms with E-state index in [2.05, 4.69) is 16.8 Å². The molecule has 3 aliphatic heterocycles. The van der Waals surface area contributed by atoms with Crippen molar-refractivity contribution in [2.24, 2.45) is 5.92 Å². The molecule has 2 saturated heterocycles. The number of carbonyl (C=O) groups excluding carboxylic acids is 2. The number of fused-ring (bicyclic) bond motifs is 1. The number of carbonyl (C=O) groups is 2. The Hall–Kier alpha value is -1.45. The zero-order chi connectivity index (χ0) is 20.5. The van der Waals surface area contributed by atoms with E-state index in [1.54, 1.807) is 11.0 Å². The molecule has 3 aliphatic rings. The second-order valence-corrected chi connectivity index (χ2v) is 9.96. The van der Waals surface area contributed by atoms with Crippen LogP contribution in [-0.4, -0.2) is 97.9 Å². The second kappa shape index (κ2) is 8.51. The highest BCUT2D eigenvalue weighted by Crippen LogP contribution is 2.40. The van der Waals surface area contributed by atoms with Gasteiger partial charge in [0.25, 0.3) is 0 Å². The fraction of sp³-hybridized carbons (Fsp3) is 0.789. The molecule has 0 aliphatic carbocycles. The molecule has 0 saturated carbocycles. The lowest BCUT2D eigenvalue weighted by molar-refractivity contribution is -0.133. The second-order valence-electron chi connectivity index (χ2n) is 8.13. The lowest BCUT2D eigenvalue weighted by Gasteiger charge is -2.32. The molecule has 0 aromatic heterocycles. The lowest BCUT2D eigenvalue weighted by atomic mass is 9.96. The first-order valence-corrected chi connectivity index (χ1v) is 12.0. The molecule has 9 heteroatoms. The molecule has 2 atom stereocenters. The van der Waals surface area contributed by atoms with E-state index in [-0.39, 0.29) is 5.91 Å². The van der Waals surface area contributed by atoms with Gasteiger partial charge in [-0.15, -0.1) is 0 Å². The van der Waals surface area contributed by atoms with Gasteiger partial charge in [0.1, 0.15) is 0 Å². The smallest absolute Gasteiger partial charge is 0.246 e. The summed E-state index contributed by atoms with van der Waals surface area (Å²) in [5.74, 6) is -0.847. The van der Waals surface area contributed by atoms with E-state index >= 15 is 0 Å². The number of hydrogen-bond donors (Lipinski definition) is 0. The average Bonchev–Trinajstić information content (AvgIpc) is 3.15. The van der Waals surface area contributed by atoms with Crippen molar-refractivity contribution in [3.63, 3.8) is 0 Å². The van der Waals surface area contributed by atoms with Gasteiger partial charge in [0.05, 0.1) is 23.9 Å². The van der Waals surface area contributed by atoms with Crippen molar-refractivity contribution in [3.05, 3.63) is 11.8 Å². The van der Waals surface area contributed by atoms with E-state index in [0.717, 1.165) is 56.1 Å². The van der Waals surface area contributed by atoms with Gasteiger partial charge in [0.2, 0.25) is 21.8 Å². The highest BCUT2D eigenvalue weighted by Gasteiger charge is 2.53. The number of rotatable bonds is 7. The quantitative estimate of drug-likeness (QED) is 0.599. The Kier molecular flexibility index (Phi) is 6.46. The van der Waals surface area contributed by atoms with Crippen LogP contribution in [0.2, 0.25) is 0 Å². The summed E-state index contributed by atoms with van der Waals surface area (Å²) in [6, 6.07) is -0.432. The third-order valence-electron chi connectivity index (χ3n) is 5.98. The van der Waals surface area contributed by atoms with Gasteiger partial charge in [0, 0.05) is 39.1 Å². The topological polar surface area (TPSA) is 81.2 Å². The number of hydrogen-bond acceptors (Lipinski definition) is 6. The van der Waals surface area contributed by atoms with E-state index in [4.69, 9.17) is 0 Å². The number of likely N-dealkylation sites (N-methyl/N-ethyl adjacent to an activating group) is 1. The molecular weight excluding hydrogens is 380 g/mol. The fourth-order valence-electron chi connectivity index (χ4n) is 4.50. The zero-order valence-electron chi connectivity index (χ0n) is 17.1. The summed E-state index contributed by atoms with van der Waals surface area (Å²) in [5, 5.41) is 0. The van der Waals surface area contributed by atoms with Gasteiger partial charge in [-0.2, -0.15) is 0 Å². The molecule has 0 unspecified atom stereocenters. The standard InChI is InChI=1S/C19H32N4O4S/c1-4-6-15-18-16(23(19(15)25)28(3,26)27)8-10-22(18)17(24)7-5-9-21-13-11-20(2)12-14-21/h8,15,18H,4-7,9-14H2,1-3H3/t15-,18-/m1/s1. The van der Waals surface area contributed by atoms with E-state index in [9.17, 15) is 18.0 Å². The number of sulfonamides is 1. The maximum atomic E-state index is 12.9. The van der Waals surface area contributed by atoms with Gasteiger partial charge in [-0.25, -0.2) is 12.7 Å². The first-order valence-electron chi connectivity index (χ1n) is 10.2. The molecule has 3 heterocycles. The van der Waals surface area contributed by atoms with Crippen LogP contribution in [-0.2, 0) is 19.6 Å². The van der Waals surface area contributed by atoms with Crippen LogP contribution in [0.3, 0.4) is 0 Å². The van der Waals surface area contributed by atoms with Crippen molar-refractivity contribution in [3.8, 4) is 0 Å². The molecule has 0 spiro atoms. The zero-order valence-corrected chi connectivity index (χ0v) is 17.9. The summed E-state index contributed by atoms with van der Waals surface area (Å²) < 4.78 is 25.2. The lowest BCUT2D eigenvalue weighted by Crippen LogP contribution is -2.45. The van der Waals surface area contributed by atoms with Crippen molar-refractivity contribution in [1.29, 1.82) is 0 Å². The van der Waals surface area contributed by atoms with Crippen LogP contribution in [0.1, 0.15) is 32.6 Å². The fourth-order valence-corrected chi connectivity index (χ4v) is 5.53. The third kappa shape index (κ3) is 4.26. The Labute approximate surface area is 168 Å². The maximum absolute atomic E-state index is 12.9. The van der Waals surface area contributed by atoms with Gasteiger partial charge in [-0.1, -0.05) is 13.3 Å². The van der Waals surface area contributed by atoms with Crippen LogP contribution in [0.25, 0.3) is 0 Å². The molecule has 0 aromatic carbocycles. The van der Waals surface area contributed by atoms with Crippen LogP contribution in [0.15, 0.2) is 11.8 Å². The Balaban J connectivity index is 1.62. The average molecular weight is 413 g/mol. The first-order chi connectivity index (χ1) is 13.2. The summed E-state index contributed by atoms with van der Waals surface area (Å²) in [7, 11) is -1.56. The molecule has 28 heavy (non-hydrogen) atoms. The van der Waals surface area contributed by atoms with Crippen molar-refractivity contribution in [2.75, 3.05) is 52.6 Å². The van der Waals surface area contributed by atoms with Crippen molar-refractivity contribution >= 4 is 21.8 Å². The monoisotopic (exact) mass is 412 g/mol. The predicted octanol–water partition coefficient (Wildman–Crippen LogP) is 0.327. The Morgan fingerprint density at radius 1 is 1.21 bits per heavy atom. The van der Waals surface area contributed by atoms with Gasteiger partial charge < -0.3 is 14.7 Å². The van der Waals surface area contributed by atoms with Gasteiger partial charge in [-0.3, -0.25) is 9.59 Å². The van der Waals surface area contributed by atoms with Crippen molar-refractivity contribution < 1.29 is 18.0 Å². The normalized spacial score (nSPS) is 26.7. The molecule has 0 aromatic rings. The largest absolute Gasteiger partial charge is 0.330 e. The van der Waals surface area contributed by atoms with Gasteiger partial charge >= 0.3 is 0 Å². The molecule has 0 N–H and O–H groups in total. The Bertz CT molecular complexity index is 743. The van der Waals surface area contributed by atoms with E-state index in [0.29, 0.717) is 25.1 Å². The summed E-state index contributed by atoms with van der Waals surface area (Å²) in [5.41, 5.74) is 0.471. The summed E-state index contributed by atoms with van der Waals surface area (Å²) in [6.45, 7) is 7.41. The molecule has 0 radical (unpaired) electrons. The molecular formula is C19H32N4O4S. The van der Waals surface area contributed by atoms with E-state index < -0.39 is 27.9 Å². The maximum Gasteiger partial charge on any atom is 0.246 e. The molecule has 2 amide bonds. The van der Waals surface area contributed by atoms with Crippen LogP contribution >= 0.6 is 0 Å². The molecule has 2 fully saturated rings. The minimum Gasteiger partial charge on any atom is -0.330 e. The third-order valence-corrected chi connectivity index (χ3v) is 7.04. The Morgan fingerprint density at radius 2 is 1.89 bits per heavy atom. The number of piperazine rings is 1. The van der Waals surface area contributed by atoms with Crippen molar-refractivity contribution in [2.45, 2.75) is 38.6 Å². The highest BCUT2D eigenvalue weighted by molar-refractivity contribution is 7.89.